The van der Waals surface area contributed by atoms with E-state index in [2.05, 4.69) is 31.2 Å². The zero-order valence-corrected chi connectivity index (χ0v) is 11.1. The minimum Gasteiger partial charge on any atom is -0.332 e. The molecule has 6 nitrogen and oxygen atoms in total. The van der Waals surface area contributed by atoms with Crippen LogP contribution in [0.2, 0.25) is 5.15 Å². The largest absolute Gasteiger partial charge is 0.332 e. The summed E-state index contributed by atoms with van der Waals surface area (Å²) in [5.41, 5.74) is 0.307. The van der Waals surface area contributed by atoms with Crippen molar-refractivity contribution in [3.63, 3.8) is 0 Å². The quantitative estimate of drug-likeness (QED) is 0.529. The highest BCUT2D eigenvalue weighted by atomic mass is 79.9. The van der Waals surface area contributed by atoms with Gasteiger partial charge in [0.05, 0.1) is 10.6 Å². The number of halogens is 2. The fraction of sp³-hybridized carbons (Fsp3) is 0. The summed E-state index contributed by atoms with van der Waals surface area (Å²) in [7, 11) is 0. The van der Waals surface area contributed by atoms with Crippen LogP contribution >= 0.6 is 27.5 Å². The third-order valence-electron chi connectivity index (χ3n) is 2.04. The maximum absolute atomic E-state index is 10.9. The molecule has 1 N–H and O–H groups in total. The normalized spacial score (nSPS) is 10.1. The molecule has 0 radical (unpaired) electrons. The molecule has 8 heteroatoms. The zero-order chi connectivity index (χ0) is 13.1. The molecule has 92 valence electrons. The summed E-state index contributed by atoms with van der Waals surface area (Å²) in [6.07, 6.45) is 2.98. The predicted molar refractivity (Wildman–Crippen MR) is 71.1 cm³/mol. The van der Waals surface area contributed by atoms with Crippen LogP contribution in [0.25, 0.3) is 0 Å². The van der Waals surface area contributed by atoms with Crippen LogP contribution in [0.15, 0.2) is 35.1 Å². The Hall–Kier alpha value is -1.73. The second kappa shape index (κ2) is 5.28. The van der Waals surface area contributed by atoms with E-state index in [1.807, 2.05) is 0 Å². The fourth-order valence-electron chi connectivity index (χ4n) is 1.27. The molecule has 2 heterocycles. The fourth-order valence-corrected chi connectivity index (χ4v) is 1.76. The Bertz CT molecular complexity index is 608. The van der Waals surface area contributed by atoms with Crippen molar-refractivity contribution in [1.82, 2.24) is 9.97 Å². The van der Waals surface area contributed by atoms with E-state index in [9.17, 15) is 10.1 Å². The highest BCUT2D eigenvalue weighted by molar-refractivity contribution is 9.10. The zero-order valence-electron chi connectivity index (χ0n) is 8.80. The molecule has 0 amide bonds. The highest BCUT2D eigenvalue weighted by Crippen LogP contribution is 2.29. The standard InChI is InChI=1S/C10H6BrClN4O2/c11-6-4-8(16(17)18)10(14-5-6)15-7-2-1-3-13-9(7)12/h1-5H,(H,14,15). The molecule has 0 unspecified atom stereocenters. The first-order valence-electron chi connectivity index (χ1n) is 4.75. The van der Waals surface area contributed by atoms with Gasteiger partial charge in [-0.2, -0.15) is 0 Å². The summed E-state index contributed by atoms with van der Waals surface area (Å²) in [6, 6.07) is 4.68. The number of rotatable bonds is 3. The lowest BCUT2D eigenvalue weighted by Crippen LogP contribution is -2.00. The predicted octanol–water partition coefficient (Wildman–Crippen LogP) is 3.54. The van der Waals surface area contributed by atoms with Crippen LogP contribution in [-0.4, -0.2) is 14.9 Å². The van der Waals surface area contributed by atoms with Crippen molar-refractivity contribution >= 4 is 44.7 Å². The van der Waals surface area contributed by atoms with Gasteiger partial charge in [-0.15, -0.1) is 0 Å². The van der Waals surface area contributed by atoms with Gasteiger partial charge in [0.1, 0.15) is 0 Å². The second-order valence-corrected chi connectivity index (χ2v) is 4.52. The molecule has 0 aliphatic rings. The third kappa shape index (κ3) is 2.74. The Morgan fingerprint density at radius 2 is 2.22 bits per heavy atom. The Kier molecular flexibility index (Phi) is 3.73. The van der Waals surface area contributed by atoms with E-state index in [0.717, 1.165) is 0 Å². The lowest BCUT2D eigenvalue weighted by atomic mass is 10.3. The van der Waals surface area contributed by atoms with Crippen LogP contribution in [-0.2, 0) is 0 Å². The molecule has 0 atom stereocenters. The number of nitrogens with one attached hydrogen (secondary N) is 1. The van der Waals surface area contributed by atoms with Crippen LogP contribution < -0.4 is 5.32 Å². The molecule has 18 heavy (non-hydrogen) atoms. The van der Waals surface area contributed by atoms with Gasteiger partial charge in [0.25, 0.3) is 0 Å². The Balaban J connectivity index is 2.41. The maximum Gasteiger partial charge on any atom is 0.312 e. The van der Waals surface area contributed by atoms with Gasteiger partial charge in [0, 0.05) is 22.9 Å². The molecule has 0 bridgehead atoms. The van der Waals surface area contributed by atoms with Crippen LogP contribution in [0.5, 0.6) is 0 Å². The van der Waals surface area contributed by atoms with Gasteiger partial charge in [-0.1, -0.05) is 11.6 Å². The summed E-state index contributed by atoms with van der Waals surface area (Å²) in [6.45, 7) is 0. The third-order valence-corrected chi connectivity index (χ3v) is 2.78. The molecule has 2 aromatic heterocycles. The summed E-state index contributed by atoms with van der Waals surface area (Å²) in [5, 5.41) is 13.9. The minimum atomic E-state index is -0.523. The van der Waals surface area contributed by atoms with E-state index in [-0.39, 0.29) is 16.7 Å². The molecule has 0 saturated heterocycles. The SMILES string of the molecule is O=[N+]([O-])c1cc(Br)cnc1Nc1cccnc1Cl. The smallest absolute Gasteiger partial charge is 0.312 e. The average molecular weight is 330 g/mol. The minimum absolute atomic E-state index is 0.109. The van der Waals surface area contributed by atoms with Gasteiger partial charge < -0.3 is 5.32 Å². The first kappa shape index (κ1) is 12.7. The average Bonchev–Trinajstić information content (AvgIpc) is 2.34. The number of hydrogen-bond donors (Lipinski definition) is 1. The Morgan fingerprint density at radius 3 is 2.89 bits per heavy atom. The van der Waals surface area contributed by atoms with Crippen molar-refractivity contribution in [2.24, 2.45) is 0 Å². The lowest BCUT2D eigenvalue weighted by Gasteiger charge is -2.07. The van der Waals surface area contributed by atoms with Crippen molar-refractivity contribution in [2.75, 3.05) is 5.32 Å². The lowest BCUT2D eigenvalue weighted by molar-refractivity contribution is -0.384. The number of nitro groups is 1. The van der Waals surface area contributed by atoms with Crippen molar-refractivity contribution < 1.29 is 4.92 Å². The van der Waals surface area contributed by atoms with E-state index in [0.29, 0.717) is 10.2 Å². The molecule has 0 saturated carbocycles. The highest BCUT2D eigenvalue weighted by Gasteiger charge is 2.16. The first-order valence-corrected chi connectivity index (χ1v) is 5.92. The summed E-state index contributed by atoms with van der Waals surface area (Å²) in [5.74, 6) is 0.109. The van der Waals surface area contributed by atoms with E-state index in [1.165, 1.54) is 18.5 Å². The molecule has 0 spiro atoms. The number of anilines is 2. The van der Waals surface area contributed by atoms with Gasteiger partial charge in [-0.25, -0.2) is 9.97 Å². The van der Waals surface area contributed by atoms with Gasteiger partial charge in [0.2, 0.25) is 5.82 Å². The van der Waals surface area contributed by atoms with Gasteiger partial charge in [0.15, 0.2) is 5.15 Å². The molecule has 0 fully saturated rings. The Morgan fingerprint density at radius 1 is 1.44 bits per heavy atom. The Labute approximate surface area is 115 Å². The van der Waals surface area contributed by atoms with E-state index in [1.54, 1.807) is 12.1 Å². The molecular weight excluding hydrogens is 323 g/mol. The van der Waals surface area contributed by atoms with Gasteiger partial charge >= 0.3 is 5.69 Å². The van der Waals surface area contributed by atoms with Crippen LogP contribution in [0, 0.1) is 10.1 Å². The molecule has 2 rings (SSSR count). The van der Waals surface area contributed by atoms with Crippen LogP contribution in [0.1, 0.15) is 0 Å². The summed E-state index contributed by atoms with van der Waals surface area (Å²) < 4.78 is 0.525. The number of pyridine rings is 2. The monoisotopic (exact) mass is 328 g/mol. The molecule has 0 aliphatic heterocycles. The summed E-state index contributed by atoms with van der Waals surface area (Å²) >= 11 is 8.99. The molecular formula is C10H6BrClN4O2. The second-order valence-electron chi connectivity index (χ2n) is 3.25. The van der Waals surface area contributed by atoms with E-state index < -0.39 is 4.92 Å². The molecule has 2 aromatic rings. The van der Waals surface area contributed by atoms with Crippen LogP contribution in [0.3, 0.4) is 0 Å². The maximum atomic E-state index is 10.9. The molecule has 0 aliphatic carbocycles. The number of hydrogen-bond acceptors (Lipinski definition) is 5. The van der Waals surface area contributed by atoms with Crippen molar-refractivity contribution in [2.45, 2.75) is 0 Å². The number of aromatic nitrogens is 2. The van der Waals surface area contributed by atoms with Crippen molar-refractivity contribution in [1.29, 1.82) is 0 Å². The van der Waals surface area contributed by atoms with E-state index in [4.69, 9.17) is 11.6 Å². The van der Waals surface area contributed by atoms with Gasteiger partial charge in [-0.3, -0.25) is 10.1 Å². The summed E-state index contributed by atoms with van der Waals surface area (Å²) in [4.78, 5) is 18.2. The van der Waals surface area contributed by atoms with Crippen molar-refractivity contribution in [3.05, 3.63) is 50.3 Å². The topological polar surface area (TPSA) is 81.0 Å². The first-order chi connectivity index (χ1) is 8.58. The van der Waals surface area contributed by atoms with Crippen LogP contribution in [0.4, 0.5) is 17.2 Å². The van der Waals surface area contributed by atoms with Crippen molar-refractivity contribution in [3.8, 4) is 0 Å². The van der Waals surface area contributed by atoms with Gasteiger partial charge in [-0.05, 0) is 28.1 Å². The molecule has 0 aromatic carbocycles. The number of nitrogens with zero attached hydrogens (tertiary/aromatic N) is 3. The van der Waals surface area contributed by atoms with E-state index >= 15 is 0 Å².